The molecule has 1 rings (SSSR count). The lowest BCUT2D eigenvalue weighted by Crippen LogP contribution is -2.52. The Hall–Kier alpha value is -0.720. The fourth-order valence-corrected chi connectivity index (χ4v) is 2.17. The van der Waals surface area contributed by atoms with Gasteiger partial charge in [0.1, 0.15) is 0 Å². The molecule has 18 heavy (non-hydrogen) atoms. The Balaban J connectivity index is 2.27. The van der Waals surface area contributed by atoms with Crippen LogP contribution in [0.15, 0.2) is 0 Å². The van der Waals surface area contributed by atoms with Gasteiger partial charge >= 0.3 is 0 Å². The first-order valence-electron chi connectivity index (χ1n) is 6.30. The van der Waals surface area contributed by atoms with Gasteiger partial charge in [0.2, 0.25) is 5.91 Å². The van der Waals surface area contributed by atoms with Gasteiger partial charge in [-0.25, -0.2) is 0 Å². The van der Waals surface area contributed by atoms with E-state index in [1.807, 2.05) is 20.8 Å². The molecule has 0 bridgehead atoms. The molecule has 1 fully saturated rings. The van der Waals surface area contributed by atoms with Crippen molar-refractivity contribution in [2.24, 2.45) is 5.73 Å². The monoisotopic (exact) mass is 272 g/mol. The summed E-state index contributed by atoms with van der Waals surface area (Å²) in [4.78, 5) is 16.7. The molecule has 1 saturated heterocycles. The van der Waals surface area contributed by atoms with E-state index in [0.717, 1.165) is 26.2 Å². The maximum Gasteiger partial charge on any atom is 0.234 e. The highest BCUT2D eigenvalue weighted by molar-refractivity contribution is 7.80. The maximum atomic E-state index is 11.8. The Labute approximate surface area is 115 Å². The van der Waals surface area contributed by atoms with Crippen molar-refractivity contribution < 1.29 is 4.79 Å². The number of piperazine rings is 1. The average Bonchev–Trinajstić information content (AvgIpc) is 2.17. The summed E-state index contributed by atoms with van der Waals surface area (Å²) in [5, 5.41) is 2.97. The van der Waals surface area contributed by atoms with Gasteiger partial charge in [-0.3, -0.25) is 14.6 Å². The molecule has 0 unspecified atom stereocenters. The van der Waals surface area contributed by atoms with Crippen LogP contribution in [0, 0.1) is 0 Å². The fraction of sp³-hybridized carbons (Fsp3) is 0.833. The Morgan fingerprint density at radius 2 is 1.61 bits per heavy atom. The summed E-state index contributed by atoms with van der Waals surface area (Å²) >= 11 is 4.89. The number of hydrogen-bond acceptors (Lipinski definition) is 4. The number of rotatable bonds is 4. The van der Waals surface area contributed by atoms with E-state index in [4.69, 9.17) is 18.0 Å². The predicted octanol–water partition coefficient (Wildman–Crippen LogP) is -0.195. The van der Waals surface area contributed by atoms with E-state index >= 15 is 0 Å². The van der Waals surface area contributed by atoms with Crippen LogP contribution in [-0.4, -0.2) is 65.5 Å². The molecular weight excluding hydrogens is 248 g/mol. The van der Waals surface area contributed by atoms with Crippen LogP contribution in [-0.2, 0) is 4.79 Å². The number of thiocarbonyl (C=S) groups is 1. The first-order valence-corrected chi connectivity index (χ1v) is 6.71. The molecule has 0 saturated carbocycles. The van der Waals surface area contributed by atoms with Crippen molar-refractivity contribution in [1.29, 1.82) is 0 Å². The van der Waals surface area contributed by atoms with Crippen LogP contribution in [0.3, 0.4) is 0 Å². The SMILES string of the molecule is CC(C)(C)NC(=O)CN1CCN(CC(N)=S)CC1. The lowest BCUT2D eigenvalue weighted by molar-refractivity contribution is -0.124. The Morgan fingerprint density at radius 3 is 2.00 bits per heavy atom. The highest BCUT2D eigenvalue weighted by Gasteiger charge is 2.21. The molecule has 3 N–H and O–H groups in total. The van der Waals surface area contributed by atoms with Crippen LogP contribution in [0.5, 0.6) is 0 Å². The molecule has 1 aliphatic rings. The molecule has 1 amide bonds. The molecule has 5 nitrogen and oxygen atoms in total. The topological polar surface area (TPSA) is 61.6 Å². The van der Waals surface area contributed by atoms with Crippen LogP contribution in [0.1, 0.15) is 20.8 Å². The van der Waals surface area contributed by atoms with Crippen LogP contribution in [0.2, 0.25) is 0 Å². The van der Waals surface area contributed by atoms with Crippen molar-refractivity contribution in [2.75, 3.05) is 39.3 Å². The van der Waals surface area contributed by atoms with Crippen LogP contribution < -0.4 is 11.1 Å². The van der Waals surface area contributed by atoms with Crippen molar-refractivity contribution in [3.05, 3.63) is 0 Å². The normalized spacial score (nSPS) is 18.6. The zero-order valence-electron chi connectivity index (χ0n) is 11.5. The molecule has 1 aliphatic heterocycles. The lowest BCUT2D eigenvalue weighted by Gasteiger charge is -2.34. The number of nitrogens with zero attached hydrogens (tertiary/aromatic N) is 2. The van der Waals surface area contributed by atoms with E-state index in [2.05, 4.69) is 15.1 Å². The third-order valence-electron chi connectivity index (χ3n) is 2.73. The predicted molar refractivity (Wildman–Crippen MR) is 77.6 cm³/mol. The Bertz CT molecular complexity index is 306. The molecule has 104 valence electrons. The van der Waals surface area contributed by atoms with Gasteiger partial charge in [-0.1, -0.05) is 12.2 Å². The summed E-state index contributed by atoms with van der Waals surface area (Å²) in [5.41, 5.74) is 5.36. The van der Waals surface area contributed by atoms with Gasteiger partial charge in [0.15, 0.2) is 0 Å². The average molecular weight is 272 g/mol. The quantitative estimate of drug-likeness (QED) is 0.694. The van der Waals surface area contributed by atoms with Gasteiger partial charge in [-0.05, 0) is 20.8 Å². The second kappa shape index (κ2) is 6.45. The molecular formula is C12H24N4OS. The smallest absolute Gasteiger partial charge is 0.234 e. The Kier molecular flexibility index (Phi) is 5.49. The molecule has 0 atom stereocenters. The number of carbonyl (C=O) groups is 1. The standard InChI is InChI=1S/C12H24N4OS/c1-12(2,3)14-11(17)9-16-6-4-15(5-7-16)8-10(13)18/h4-9H2,1-3H3,(H2,13,18)(H,14,17). The zero-order valence-corrected chi connectivity index (χ0v) is 12.3. The number of hydrogen-bond donors (Lipinski definition) is 2. The molecule has 0 aromatic carbocycles. The first kappa shape index (κ1) is 15.3. The van der Waals surface area contributed by atoms with Crippen LogP contribution in [0.4, 0.5) is 0 Å². The summed E-state index contributed by atoms with van der Waals surface area (Å²) in [5.74, 6) is 0.0882. The third-order valence-corrected chi connectivity index (χ3v) is 2.86. The van der Waals surface area contributed by atoms with Crippen LogP contribution >= 0.6 is 12.2 Å². The van der Waals surface area contributed by atoms with Crippen molar-refractivity contribution in [1.82, 2.24) is 15.1 Å². The van der Waals surface area contributed by atoms with Crippen molar-refractivity contribution >= 4 is 23.1 Å². The highest BCUT2D eigenvalue weighted by Crippen LogP contribution is 2.03. The van der Waals surface area contributed by atoms with Crippen LogP contribution in [0.25, 0.3) is 0 Å². The maximum absolute atomic E-state index is 11.8. The second-order valence-electron chi connectivity index (χ2n) is 5.82. The molecule has 0 aromatic rings. The minimum Gasteiger partial charge on any atom is -0.392 e. The summed E-state index contributed by atoms with van der Waals surface area (Å²) in [7, 11) is 0. The summed E-state index contributed by atoms with van der Waals surface area (Å²) in [6.07, 6.45) is 0. The van der Waals surface area contributed by atoms with Crippen molar-refractivity contribution in [3.8, 4) is 0 Å². The van der Waals surface area contributed by atoms with Gasteiger partial charge in [0.25, 0.3) is 0 Å². The van der Waals surface area contributed by atoms with E-state index in [1.54, 1.807) is 0 Å². The number of carbonyl (C=O) groups excluding carboxylic acids is 1. The van der Waals surface area contributed by atoms with E-state index < -0.39 is 0 Å². The van der Waals surface area contributed by atoms with E-state index in [9.17, 15) is 4.79 Å². The molecule has 0 spiro atoms. The lowest BCUT2D eigenvalue weighted by atomic mass is 10.1. The van der Waals surface area contributed by atoms with Gasteiger partial charge in [0, 0.05) is 38.3 Å². The van der Waals surface area contributed by atoms with E-state index in [1.165, 1.54) is 0 Å². The summed E-state index contributed by atoms with van der Waals surface area (Å²) in [6.45, 7) is 10.7. The number of nitrogens with one attached hydrogen (secondary N) is 1. The number of amides is 1. The van der Waals surface area contributed by atoms with Gasteiger partial charge < -0.3 is 11.1 Å². The Morgan fingerprint density at radius 1 is 1.17 bits per heavy atom. The second-order valence-corrected chi connectivity index (χ2v) is 6.34. The zero-order chi connectivity index (χ0) is 13.8. The molecule has 6 heteroatoms. The highest BCUT2D eigenvalue weighted by atomic mass is 32.1. The van der Waals surface area contributed by atoms with E-state index in [-0.39, 0.29) is 11.4 Å². The van der Waals surface area contributed by atoms with Gasteiger partial charge in [0.05, 0.1) is 11.5 Å². The third kappa shape index (κ3) is 6.28. The fourth-order valence-electron chi connectivity index (χ4n) is 1.99. The van der Waals surface area contributed by atoms with E-state index in [0.29, 0.717) is 18.1 Å². The number of nitrogens with two attached hydrogens (primary N) is 1. The van der Waals surface area contributed by atoms with Gasteiger partial charge in [-0.2, -0.15) is 0 Å². The molecule has 0 aliphatic carbocycles. The summed E-state index contributed by atoms with van der Waals surface area (Å²) < 4.78 is 0. The molecule has 0 aromatic heterocycles. The first-order chi connectivity index (χ1) is 8.26. The van der Waals surface area contributed by atoms with Crippen molar-refractivity contribution in [3.63, 3.8) is 0 Å². The molecule has 0 radical (unpaired) electrons. The van der Waals surface area contributed by atoms with Gasteiger partial charge in [-0.15, -0.1) is 0 Å². The minimum absolute atomic E-state index is 0.0882. The molecule has 1 heterocycles. The largest absolute Gasteiger partial charge is 0.392 e. The summed E-state index contributed by atoms with van der Waals surface area (Å²) in [6, 6.07) is 0. The minimum atomic E-state index is -0.162. The van der Waals surface area contributed by atoms with Crippen molar-refractivity contribution in [2.45, 2.75) is 26.3 Å².